The molecule has 1 aliphatic carbocycles. The highest BCUT2D eigenvalue weighted by Crippen LogP contribution is 2.33. The molecule has 1 atom stereocenters. The van der Waals surface area contributed by atoms with E-state index < -0.39 is 11.6 Å². The van der Waals surface area contributed by atoms with Gasteiger partial charge in [-0.15, -0.1) is 0 Å². The summed E-state index contributed by atoms with van der Waals surface area (Å²) in [5, 5.41) is 0. The number of halogens is 2. The number of rotatable bonds is 1. The molecule has 0 saturated carbocycles. The van der Waals surface area contributed by atoms with Gasteiger partial charge in [0, 0.05) is 17.4 Å². The van der Waals surface area contributed by atoms with Gasteiger partial charge in [0.25, 0.3) is 0 Å². The Balaban J connectivity index is 2.23. The molecule has 2 nitrogen and oxygen atoms in total. The Bertz CT molecular complexity index is 631. The van der Waals surface area contributed by atoms with Gasteiger partial charge in [-0.2, -0.15) is 0 Å². The Morgan fingerprint density at radius 1 is 1.32 bits per heavy atom. The Labute approximate surface area is 110 Å². The minimum absolute atomic E-state index is 0.000297. The van der Waals surface area contributed by atoms with Gasteiger partial charge in [0.15, 0.2) is 11.6 Å². The zero-order valence-electron chi connectivity index (χ0n) is 10.8. The van der Waals surface area contributed by atoms with Gasteiger partial charge < -0.3 is 10.3 Å². The standard InChI is InChI=1S/C15H16F2N2/c1-9-8-10-12(18)5-3-6-13(10)19(9)14-7-2-4-11(16)15(14)17/h2,4,7-8,12H,3,5-6,18H2,1H3. The first-order valence-corrected chi connectivity index (χ1v) is 6.50. The Hall–Kier alpha value is -1.68. The summed E-state index contributed by atoms with van der Waals surface area (Å²) in [6.45, 7) is 1.90. The highest BCUT2D eigenvalue weighted by atomic mass is 19.2. The van der Waals surface area contributed by atoms with Crippen LogP contribution in [-0.2, 0) is 6.42 Å². The van der Waals surface area contributed by atoms with E-state index in [0.29, 0.717) is 0 Å². The maximum atomic E-state index is 14.0. The van der Waals surface area contributed by atoms with E-state index in [0.717, 1.165) is 42.3 Å². The van der Waals surface area contributed by atoms with Crippen LogP contribution < -0.4 is 5.73 Å². The summed E-state index contributed by atoms with van der Waals surface area (Å²) in [7, 11) is 0. The Morgan fingerprint density at radius 3 is 2.89 bits per heavy atom. The van der Waals surface area contributed by atoms with Crippen molar-refractivity contribution < 1.29 is 8.78 Å². The van der Waals surface area contributed by atoms with Crippen LogP contribution in [0.25, 0.3) is 5.69 Å². The van der Waals surface area contributed by atoms with Gasteiger partial charge in [0.1, 0.15) is 0 Å². The van der Waals surface area contributed by atoms with Gasteiger partial charge in [0.2, 0.25) is 0 Å². The minimum Gasteiger partial charge on any atom is -0.324 e. The third-order valence-corrected chi connectivity index (χ3v) is 3.82. The lowest BCUT2D eigenvalue weighted by Crippen LogP contribution is -2.18. The minimum atomic E-state index is -0.820. The molecule has 2 N–H and O–H groups in total. The number of hydrogen-bond donors (Lipinski definition) is 1. The number of benzene rings is 1. The number of hydrogen-bond acceptors (Lipinski definition) is 1. The first-order valence-electron chi connectivity index (χ1n) is 6.50. The molecule has 1 unspecified atom stereocenters. The third kappa shape index (κ3) is 1.87. The van der Waals surface area contributed by atoms with Crippen LogP contribution in [0.3, 0.4) is 0 Å². The largest absolute Gasteiger partial charge is 0.324 e. The summed E-state index contributed by atoms with van der Waals surface area (Å²) in [6, 6.07) is 6.26. The lowest BCUT2D eigenvalue weighted by molar-refractivity contribution is 0.500. The second-order valence-corrected chi connectivity index (χ2v) is 5.09. The first-order chi connectivity index (χ1) is 9.09. The molecule has 0 fully saturated rings. The van der Waals surface area contributed by atoms with Gasteiger partial charge in [-0.25, -0.2) is 8.78 Å². The fourth-order valence-corrected chi connectivity index (χ4v) is 2.94. The van der Waals surface area contributed by atoms with Gasteiger partial charge in [-0.3, -0.25) is 0 Å². The highest BCUT2D eigenvalue weighted by molar-refractivity contribution is 5.44. The summed E-state index contributed by atoms with van der Waals surface area (Å²) in [5.41, 5.74) is 9.34. The van der Waals surface area contributed by atoms with Crippen LogP contribution in [-0.4, -0.2) is 4.57 Å². The van der Waals surface area contributed by atoms with Crippen LogP contribution >= 0.6 is 0 Å². The molecule has 19 heavy (non-hydrogen) atoms. The maximum absolute atomic E-state index is 14.0. The summed E-state index contributed by atoms with van der Waals surface area (Å²) in [4.78, 5) is 0. The number of aromatic nitrogens is 1. The van der Waals surface area contributed by atoms with Gasteiger partial charge in [-0.05, 0) is 49.9 Å². The second-order valence-electron chi connectivity index (χ2n) is 5.09. The number of nitrogens with two attached hydrogens (primary N) is 1. The third-order valence-electron chi connectivity index (χ3n) is 3.82. The molecule has 1 heterocycles. The van der Waals surface area contributed by atoms with Crippen molar-refractivity contribution >= 4 is 0 Å². The molecule has 100 valence electrons. The molecular formula is C15H16F2N2. The highest BCUT2D eigenvalue weighted by Gasteiger charge is 2.24. The molecule has 4 heteroatoms. The molecule has 0 amide bonds. The van der Waals surface area contributed by atoms with Crippen LogP contribution in [0.15, 0.2) is 24.3 Å². The van der Waals surface area contributed by atoms with E-state index in [-0.39, 0.29) is 11.7 Å². The lowest BCUT2D eigenvalue weighted by Gasteiger charge is -2.21. The van der Waals surface area contributed by atoms with Crippen molar-refractivity contribution in [3.63, 3.8) is 0 Å². The van der Waals surface area contributed by atoms with Crippen molar-refractivity contribution in [1.29, 1.82) is 0 Å². The SMILES string of the molecule is Cc1cc2c(n1-c1cccc(F)c1F)CCCC2N. The topological polar surface area (TPSA) is 30.9 Å². The van der Waals surface area contributed by atoms with E-state index in [1.165, 1.54) is 6.07 Å². The van der Waals surface area contributed by atoms with Crippen molar-refractivity contribution in [2.75, 3.05) is 0 Å². The van der Waals surface area contributed by atoms with Crippen molar-refractivity contribution in [2.24, 2.45) is 5.73 Å². The molecule has 1 aromatic heterocycles. The van der Waals surface area contributed by atoms with E-state index in [1.54, 1.807) is 10.6 Å². The smallest absolute Gasteiger partial charge is 0.182 e. The molecule has 1 aliphatic rings. The van der Waals surface area contributed by atoms with E-state index in [2.05, 4.69) is 0 Å². The molecule has 1 aromatic carbocycles. The van der Waals surface area contributed by atoms with Crippen molar-refractivity contribution in [2.45, 2.75) is 32.2 Å². The van der Waals surface area contributed by atoms with Crippen LogP contribution in [0.1, 0.15) is 35.8 Å². The van der Waals surface area contributed by atoms with Gasteiger partial charge in [0.05, 0.1) is 5.69 Å². The normalized spacial score (nSPS) is 18.4. The van der Waals surface area contributed by atoms with Crippen LogP contribution in [0.5, 0.6) is 0 Å². The second kappa shape index (κ2) is 4.46. The van der Waals surface area contributed by atoms with E-state index in [1.807, 2.05) is 13.0 Å². The fourth-order valence-electron chi connectivity index (χ4n) is 2.94. The average molecular weight is 262 g/mol. The van der Waals surface area contributed by atoms with E-state index in [9.17, 15) is 8.78 Å². The molecule has 0 saturated heterocycles. The molecule has 0 spiro atoms. The zero-order chi connectivity index (χ0) is 13.6. The molecule has 0 bridgehead atoms. The number of fused-ring (bicyclic) bond motifs is 1. The van der Waals surface area contributed by atoms with E-state index in [4.69, 9.17) is 5.73 Å². The molecular weight excluding hydrogens is 246 g/mol. The Morgan fingerprint density at radius 2 is 2.11 bits per heavy atom. The van der Waals surface area contributed by atoms with Crippen LogP contribution in [0, 0.1) is 18.6 Å². The van der Waals surface area contributed by atoms with Crippen LogP contribution in [0.4, 0.5) is 8.78 Å². The lowest BCUT2D eigenvalue weighted by atomic mass is 9.93. The number of aryl methyl sites for hydroxylation is 1. The molecule has 2 aromatic rings. The number of nitrogens with zero attached hydrogens (tertiary/aromatic N) is 1. The van der Waals surface area contributed by atoms with Crippen molar-refractivity contribution in [1.82, 2.24) is 4.57 Å². The van der Waals surface area contributed by atoms with Crippen LogP contribution in [0.2, 0.25) is 0 Å². The fraction of sp³-hybridized carbons (Fsp3) is 0.333. The maximum Gasteiger partial charge on any atom is 0.182 e. The van der Waals surface area contributed by atoms with Gasteiger partial charge >= 0.3 is 0 Å². The van der Waals surface area contributed by atoms with E-state index >= 15 is 0 Å². The summed E-state index contributed by atoms with van der Waals surface area (Å²) in [6.07, 6.45) is 2.78. The Kier molecular flexibility index (Phi) is 2.90. The van der Waals surface area contributed by atoms with Crippen molar-refractivity contribution in [3.8, 4) is 5.69 Å². The first kappa shape index (κ1) is 12.4. The predicted molar refractivity (Wildman–Crippen MR) is 70.3 cm³/mol. The predicted octanol–water partition coefficient (Wildman–Crippen LogP) is 3.40. The summed E-state index contributed by atoms with van der Waals surface area (Å²) >= 11 is 0. The molecule has 0 aliphatic heterocycles. The summed E-state index contributed by atoms with van der Waals surface area (Å²) in [5.74, 6) is -1.62. The molecule has 3 rings (SSSR count). The summed E-state index contributed by atoms with van der Waals surface area (Å²) < 4.78 is 29.2. The quantitative estimate of drug-likeness (QED) is 0.839. The average Bonchev–Trinajstić information content (AvgIpc) is 2.71. The van der Waals surface area contributed by atoms with Gasteiger partial charge in [-0.1, -0.05) is 6.07 Å². The van der Waals surface area contributed by atoms with Crippen molar-refractivity contribution in [3.05, 3.63) is 52.9 Å². The molecule has 0 radical (unpaired) electrons. The monoisotopic (exact) mass is 262 g/mol. The zero-order valence-corrected chi connectivity index (χ0v) is 10.8.